The normalized spacial score (nSPS) is 25.2. The van der Waals surface area contributed by atoms with Crippen molar-refractivity contribution in [1.29, 1.82) is 0 Å². The Labute approximate surface area is 159 Å². The van der Waals surface area contributed by atoms with E-state index in [2.05, 4.69) is 9.88 Å². The van der Waals surface area contributed by atoms with Gasteiger partial charge in [0.15, 0.2) is 0 Å². The highest BCUT2D eigenvalue weighted by molar-refractivity contribution is 5.83. The van der Waals surface area contributed by atoms with E-state index in [4.69, 9.17) is 0 Å². The van der Waals surface area contributed by atoms with Crippen LogP contribution in [-0.2, 0) is 4.79 Å². The molecule has 6 heteroatoms. The number of aromatic nitrogens is 2. The van der Waals surface area contributed by atoms with Crippen LogP contribution in [0.3, 0.4) is 0 Å². The number of para-hydroxylation sites is 2. The van der Waals surface area contributed by atoms with Gasteiger partial charge in [-0.25, -0.2) is 4.79 Å². The van der Waals surface area contributed by atoms with Crippen LogP contribution in [0, 0.1) is 0 Å². The zero-order valence-electron chi connectivity index (χ0n) is 15.8. The number of imidazole rings is 1. The van der Waals surface area contributed by atoms with Crippen molar-refractivity contribution < 1.29 is 4.79 Å². The molecule has 0 radical (unpaired) electrons. The number of likely N-dealkylation sites (tertiary alicyclic amines) is 2. The third-order valence-corrected chi connectivity index (χ3v) is 6.91. The van der Waals surface area contributed by atoms with Gasteiger partial charge in [-0.2, -0.15) is 0 Å². The summed E-state index contributed by atoms with van der Waals surface area (Å²) in [5.74, 6) is 0.317. The monoisotopic (exact) mass is 368 g/mol. The lowest BCUT2D eigenvalue weighted by molar-refractivity contribution is -0.144. The number of benzene rings is 1. The quantitative estimate of drug-likeness (QED) is 0.906. The van der Waals surface area contributed by atoms with E-state index >= 15 is 0 Å². The lowest BCUT2D eigenvalue weighted by atomic mass is 9.95. The predicted molar refractivity (Wildman–Crippen MR) is 105 cm³/mol. The number of hydrogen-bond acceptors (Lipinski definition) is 3. The summed E-state index contributed by atoms with van der Waals surface area (Å²) in [6.07, 6.45) is 7.86. The maximum atomic E-state index is 13.0. The molecular formula is C21H28N4O2. The topological polar surface area (TPSA) is 61.3 Å². The molecule has 1 N–H and O–H groups in total. The Morgan fingerprint density at radius 3 is 2.37 bits per heavy atom. The minimum absolute atomic E-state index is 0.0348. The second kappa shape index (κ2) is 6.82. The zero-order valence-corrected chi connectivity index (χ0v) is 15.8. The summed E-state index contributed by atoms with van der Waals surface area (Å²) in [6.45, 7) is 2.59. The van der Waals surface area contributed by atoms with Crippen LogP contribution < -0.4 is 5.69 Å². The number of nitrogens with zero attached hydrogens (tertiary/aromatic N) is 3. The summed E-state index contributed by atoms with van der Waals surface area (Å²) in [7, 11) is 0. The second-order valence-corrected chi connectivity index (χ2v) is 8.35. The molecule has 1 atom stereocenters. The molecule has 1 aliphatic carbocycles. The number of aromatic amines is 1. The Kier molecular flexibility index (Phi) is 4.31. The average Bonchev–Trinajstić information content (AvgIpc) is 3.28. The van der Waals surface area contributed by atoms with Crippen molar-refractivity contribution in [1.82, 2.24) is 19.4 Å². The third kappa shape index (κ3) is 2.90. The summed E-state index contributed by atoms with van der Waals surface area (Å²) in [5, 5.41) is 0. The molecule has 3 aliphatic rings. The number of hydrogen-bond donors (Lipinski definition) is 1. The Hall–Kier alpha value is -2.08. The van der Waals surface area contributed by atoms with Crippen molar-refractivity contribution in [3.8, 4) is 0 Å². The van der Waals surface area contributed by atoms with Gasteiger partial charge in [0.05, 0.1) is 17.1 Å². The molecule has 144 valence electrons. The minimum Gasteiger partial charge on any atom is -0.341 e. The molecule has 3 heterocycles. The first-order chi connectivity index (χ1) is 13.2. The molecule has 2 saturated heterocycles. The Morgan fingerprint density at radius 2 is 1.67 bits per heavy atom. The van der Waals surface area contributed by atoms with E-state index < -0.39 is 0 Å². The Morgan fingerprint density at radius 1 is 0.926 bits per heavy atom. The summed E-state index contributed by atoms with van der Waals surface area (Å²) < 4.78 is 1.89. The Balaban J connectivity index is 1.25. The van der Waals surface area contributed by atoms with Crippen LogP contribution in [0.25, 0.3) is 11.0 Å². The van der Waals surface area contributed by atoms with E-state index in [-0.39, 0.29) is 17.8 Å². The van der Waals surface area contributed by atoms with E-state index in [0.717, 1.165) is 49.9 Å². The number of fused-ring (bicyclic) bond motifs is 1. The third-order valence-electron chi connectivity index (χ3n) is 6.91. The molecule has 0 bridgehead atoms. The van der Waals surface area contributed by atoms with Gasteiger partial charge in [0.2, 0.25) is 5.91 Å². The summed E-state index contributed by atoms with van der Waals surface area (Å²) >= 11 is 0. The van der Waals surface area contributed by atoms with Gasteiger partial charge in [-0.3, -0.25) is 14.3 Å². The van der Waals surface area contributed by atoms with Crippen molar-refractivity contribution in [2.75, 3.05) is 19.6 Å². The molecule has 1 saturated carbocycles. The van der Waals surface area contributed by atoms with Crippen molar-refractivity contribution in [2.24, 2.45) is 0 Å². The summed E-state index contributed by atoms with van der Waals surface area (Å²) in [4.78, 5) is 32.9. The average molecular weight is 368 g/mol. The van der Waals surface area contributed by atoms with Crippen molar-refractivity contribution in [3.05, 3.63) is 34.7 Å². The van der Waals surface area contributed by atoms with E-state index in [9.17, 15) is 9.59 Å². The van der Waals surface area contributed by atoms with Gasteiger partial charge in [0.25, 0.3) is 0 Å². The highest BCUT2D eigenvalue weighted by atomic mass is 16.2. The van der Waals surface area contributed by atoms with Crippen LogP contribution in [-0.4, -0.2) is 57.0 Å². The van der Waals surface area contributed by atoms with Crippen molar-refractivity contribution >= 4 is 16.9 Å². The van der Waals surface area contributed by atoms with Crippen LogP contribution >= 0.6 is 0 Å². The molecule has 1 aromatic carbocycles. The van der Waals surface area contributed by atoms with E-state index in [1.54, 1.807) is 0 Å². The number of carbonyl (C=O) groups is 1. The number of carbonyl (C=O) groups excluding carboxylic acids is 1. The molecule has 2 aliphatic heterocycles. The van der Waals surface area contributed by atoms with Crippen LogP contribution in [0.1, 0.15) is 51.0 Å². The first-order valence-electron chi connectivity index (χ1n) is 10.5. The molecule has 1 aromatic heterocycles. The van der Waals surface area contributed by atoms with Crippen LogP contribution in [0.5, 0.6) is 0 Å². The van der Waals surface area contributed by atoms with E-state index in [1.807, 2.05) is 33.7 Å². The van der Waals surface area contributed by atoms with Crippen molar-refractivity contribution in [2.45, 2.75) is 63.1 Å². The van der Waals surface area contributed by atoms with Gasteiger partial charge < -0.3 is 9.88 Å². The van der Waals surface area contributed by atoms with Gasteiger partial charge in [-0.1, -0.05) is 25.0 Å². The minimum atomic E-state index is -0.0348. The largest absolute Gasteiger partial charge is 0.341 e. The number of piperidine rings is 1. The highest BCUT2D eigenvalue weighted by Crippen LogP contribution is 2.33. The molecule has 1 unspecified atom stereocenters. The lowest BCUT2D eigenvalue weighted by Crippen LogP contribution is -2.60. The fourth-order valence-corrected chi connectivity index (χ4v) is 5.34. The molecule has 0 spiro atoms. The second-order valence-electron chi connectivity index (χ2n) is 8.35. The molecule has 2 aromatic rings. The smallest absolute Gasteiger partial charge is 0.326 e. The first kappa shape index (κ1) is 17.0. The molecule has 1 amide bonds. The van der Waals surface area contributed by atoms with Gasteiger partial charge in [0, 0.05) is 31.7 Å². The molecule has 6 nitrogen and oxygen atoms in total. The SMILES string of the molecule is O=C(C1CCN1C1CCCC1)N1CCC(n2c(=O)[nH]c3ccccc32)CC1. The number of nitrogens with one attached hydrogen (secondary N) is 1. The number of H-pyrrole nitrogens is 1. The fourth-order valence-electron chi connectivity index (χ4n) is 5.34. The zero-order chi connectivity index (χ0) is 18.4. The van der Waals surface area contributed by atoms with E-state index in [0.29, 0.717) is 11.9 Å². The summed E-state index contributed by atoms with van der Waals surface area (Å²) in [5.41, 5.74) is 1.83. The molecule has 27 heavy (non-hydrogen) atoms. The standard InChI is InChI=1S/C21H28N4O2/c26-20(19-11-14-24(19)15-5-1-2-6-15)23-12-9-16(10-13-23)25-18-8-4-3-7-17(18)22-21(25)27/h3-4,7-8,15-16,19H,1-2,5-6,9-14H2,(H,22,27). The molecular weight excluding hydrogens is 340 g/mol. The number of amides is 1. The lowest BCUT2D eigenvalue weighted by Gasteiger charge is -2.46. The van der Waals surface area contributed by atoms with Crippen molar-refractivity contribution in [3.63, 3.8) is 0 Å². The Bertz CT molecular complexity index is 887. The highest BCUT2D eigenvalue weighted by Gasteiger charge is 2.41. The first-order valence-corrected chi connectivity index (χ1v) is 10.5. The summed E-state index contributed by atoms with van der Waals surface area (Å²) in [6, 6.07) is 8.77. The van der Waals surface area contributed by atoms with Crippen LogP contribution in [0.4, 0.5) is 0 Å². The number of rotatable bonds is 3. The maximum absolute atomic E-state index is 13.0. The predicted octanol–water partition coefficient (Wildman–Crippen LogP) is 2.51. The van der Waals surface area contributed by atoms with Gasteiger partial charge >= 0.3 is 5.69 Å². The molecule has 5 rings (SSSR count). The van der Waals surface area contributed by atoms with Gasteiger partial charge in [0.1, 0.15) is 0 Å². The fraction of sp³-hybridized carbons (Fsp3) is 0.619. The van der Waals surface area contributed by atoms with Gasteiger partial charge in [-0.05, 0) is 44.2 Å². The van der Waals surface area contributed by atoms with Crippen LogP contribution in [0.15, 0.2) is 29.1 Å². The maximum Gasteiger partial charge on any atom is 0.326 e. The van der Waals surface area contributed by atoms with Crippen LogP contribution in [0.2, 0.25) is 0 Å². The van der Waals surface area contributed by atoms with E-state index in [1.165, 1.54) is 25.7 Å². The van der Waals surface area contributed by atoms with Gasteiger partial charge in [-0.15, -0.1) is 0 Å². The molecule has 3 fully saturated rings.